The van der Waals surface area contributed by atoms with Crippen LogP contribution in [0, 0.1) is 11.3 Å². The van der Waals surface area contributed by atoms with Crippen LogP contribution in [-0.2, 0) is 28.9 Å². The number of alkyl carbamates (subject to hydrolysis) is 1. The van der Waals surface area contributed by atoms with Crippen LogP contribution in [-0.4, -0.2) is 23.1 Å². The number of nitriles is 1. The number of hydrogen-bond donors (Lipinski definition) is 2. The third kappa shape index (κ3) is 5.22. The summed E-state index contributed by atoms with van der Waals surface area (Å²) in [4.78, 5) is 29.5. The van der Waals surface area contributed by atoms with E-state index in [9.17, 15) is 14.9 Å². The first kappa shape index (κ1) is 21.3. The summed E-state index contributed by atoms with van der Waals surface area (Å²) in [6.07, 6.45) is 7.03. The summed E-state index contributed by atoms with van der Waals surface area (Å²) in [6.45, 7) is 0.289. The van der Waals surface area contributed by atoms with Crippen LogP contribution in [0.3, 0.4) is 0 Å². The Morgan fingerprint density at radius 1 is 1.34 bits per heavy atom. The molecule has 0 spiro atoms. The van der Waals surface area contributed by atoms with E-state index in [1.165, 1.54) is 23.7 Å². The van der Waals surface area contributed by atoms with Crippen molar-refractivity contribution >= 4 is 34.4 Å². The highest BCUT2D eigenvalue weighted by molar-refractivity contribution is 7.16. The van der Waals surface area contributed by atoms with E-state index in [2.05, 4.69) is 21.7 Å². The number of carbonyl (C=O) groups is 2. The number of nitrogens with zero attached hydrogens (tertiary/aromatic N) is 2. The summed E-state index contributed by atoms with van der Waals surface area (Å²) in [5.41, 5.74) is 2.13. The van der Waals surface area contributed by atoms with Gasteiger partial charge in [-0.25, -0.2) is 4.79 Å². The number of ether oxygens (including phenoxy) is 1. The van der Waals surface area contributed by atoms with E-state index in [0.29, 0.717) is 35.6 Å². The van der Waals surface area contributed by atoms with Crippen molar-refractivity contribution in [3.63, 3.8) is 0 Å². The van der Waals surface area contributed by atoms with Crippen LogP contribution in [0.5, 0.6) is 0 Å². The molecule has 0 radical (unpaired) electrons. The fourth-order valence-electron chi connectivity index (χ4n) is 3.42. The molecule has 0 aliphatic heterocycles. The highest BCUT2D eigenvalue weighted by Gasteiger charge is 2.28. The van der Waals surface area contributed by atoms with Crippen LogP contribution >= 0.6 is 11.3 Å². The summed E-state index contributed by atoms with van der Waals surface area (Å²) in [6, 6.07) is 11.2. The van der Waals surface area contributed by atoms with Gasteiger partial charge in [0.2, 0.25) is 5.91 Å². The maximum absolute atomic E-state index is 12.3. The van der Waals surface area contributed by atoms with Crippen LogP contribution in [0.15, 0.2) is 53.3 Å². The molecule has 32 heavy (non-hydrogen) atoms. The van der Waals surface area contributed by atoms with E-state index in [0.717, 1.165) is 16.1 Å². The quantitative estimate of drug-likeness (QED) is 0.550. The van der Waals surface area contributed by atoms with Gasteiger partial charge in [-0.15, -0.1) is 11.3 Å². The van der Waals surface area contributed by atoms with Crippen LogP contribution in [0.1, 0.15) is 33.9 Å². The molecule has 0 saturated heterocycles. The number of hydrogen-bond acceptors (Lipinski definition) is 7. The minimum Gasteiger partial charge on any atom is -0.465 e. The maximum Gasteiger partial charge on any atom is 0.407 e. The number of furan rings is 1. The van der Waals surface area contributed by atoms with Crippen molar-refractivity contribution in [1.29, 1.82) is 5.26 Å². The molecule has 0 fully saturated rings. The van der Waals surface area contributed by atoms with Crippen molar-refractivity contribution in [2.75, 3.05) is 5.32 Å². The summed E-state index contributed by atoms with van der Waals surface area (Å²) in [7, 11) is 0. The van der Waals surface area contributed by atoms with Gasteiger partial charge in [0.05, 0.1) is 24.1 Å². The molecule has 4 rings (SSSR count). The van der Waals surface area contributed by atoms with Gasteiger partial charge >= 0.3 is 6.09 Å². The molecular weight excluding hydrogens is 428 g/mol. The largest absolute Gasteiger partial charge is 0.465 e. The average molecular weight is 449 g/mol. The van der Waals surface area contributed by atoms with E-state index < -0.39 is 6.09 Å². The van der Waals surface area contributed by atoms with Gasteiger partial charge in [-0.1, -0.05) is 6.07 Å². The summed E-state index contributed by atoms with van der Waals surface area (Å²) in [5, 5.41) is 15.6. The molecule has 2 amide bonds. The zero-order chi connectivity index (χ0) is 22.3. The van der Waals surface area contributed by atoms with Gasteiger partial charge in [0.15, 0.2) is 0 Å². The second kappa shape index (κ2) is 9.94. The Labute approximate surface area is 188 Å². The first-order valence-corrected chi connectivity index (χ1v) is 10.9. The number of carbonyl (C=O) groups excluding carboxylic acids is 2. The third-order valence-corrected chi connectivity index (χ3v) is 6.09. The van der Waals surface area contributed by atoms with Crippen molar-refractivity contribution in [2.45, 2.75) is 31.9 Å². The van der Waals surface area contributed by atoms with Gasteiger partial charge in [0, 0.05) is 23.6 Å². The lowest BCUT2D eigenvalue weighted by atomic mass is 9.94. The van der Waals surface area contributed by atoms with Crippen molar-refractivity contribution < 1.29 is 18.7 Å². The summed E-state index contributed by atoms with van der Waals surface area (Å²) in [5.74, 6) is 0.214. The van der Waals surface area contributed by atoms with Crippen molar-refractivity contribution in [3.8, 4) is 6.07 Å². The van der Waals surface area contributed by atoms with Crippen molar-refractivity contribution in [1.82, 2.24) is 10.3 Å². The lowest BCUT2D eigenvalue weighted by Gasteiger charge is -2.22. The second-order valence-electron chi connectivity index (χ2n) is 7.10. The smallest absolute Gasteiger partial charge is 0.407 e. The molecule has 1 aliphatic carbocycles. The molecule has 0 bridgehead atoms. The predicted molar refractivity (Wildman–Crippen MR) is 119 cm³/mol. The van der Waals surface area contributed by atoms with Crippen LogP contribution in [0.2, 0.25) is 0 Å². The number of amides is 2. The van der Waals surface area contributed by atoms with Crippen molar-refractivity contribution in [3.05, 3.63) is 76.3 Å². The topological polar surface area (TPSA) is 117 Å². The summed E-state index contributed by atoms with van der Waals surface area (Å²) >= 11 is 1.35. The van der Waals surface area contributed by atoms with E-state index in [-0.39, 0.29) is 18.6 Å². The zero-order valence-corrected chi connectivity index (χ0v) is 17.9. The van der Waals surface area contributed by atoms with E-state index in [4.69, 9.17) is 9.15 Å². The Hall–Kier alpha value is -3.90. The predicted octanol–water partition coefficient (Wildman–Crippen LogP) is 4.04. The Morgan fingerprint density at radius 3 is 3.00 bits per heavy atom. The standard InChI is InChI=1S/C23H20N4O4S/c24-13-19-18-8-6-17(31-23(29)26-14-15-4-1-2-10-25-15)12-20(18)32-22(19)27-21(28)9-7-16-5-3-11-30-16/h1-5,7,9-11,17H,6,8,12,14H2,(H,26,29)(H,27,28)/b9-7+. The van der Waals surface area contributed by atoms with E-state index >= 15 is 0 Å². The fraction of sp³-hybridized carbons (Fsp3) is 0.217. The van der Waals surface area contributed by atoms with E-state index in [1.54, 1.807) is 24.4 Å². The molecule has 1 aliphatic rings. The van der Waals surface area contributed by atoms with E-state index in [1.807, 2.05) is 18.2 Å². The molecule has 3 heterocycles. The number of thiophene rings is 1. The van der Waals surface area contributed by atoms with Crippen LogP contribution in [0.4, 0.5) is 9.80 Å². The van der Waals surface area contributed by atoms with Gasteiger partial charge in [-0.2, -0.15) is 5.26 Å². The van der Waals surface area contributed by atoms with Gasteiger partial charge in [-0.05, 0) is 48.7 Å². The lowest BCUT2D eigenvalue weighted by Crippen LogP contribution is -2.31. The molecule has 3 aromatic rings. The normalized spacial score (nSPS) is 15.0. The Morgan fingerprint density at radius 2 is 2.25 bits per heavy atom. The Balaban J connectivity index is 1.36. The zero-order valence-electron chi connectivity index (χ0n) is 17.0. The minimum absolute atomic E-state index is 0.289. The lowest BCUT2D eigenvalue weighted by molar-refractivity contribution is -0.111. The number of rotatable bonds is 6. The molecule has 2 N–H and O–H groups in total. The highest BCUT2D eigenvalue weighted by atomic mass is 32.1. The first-order valence-electron chi connectivity index (χ1n) is 10.0. The number of pyridine rings is 1. The molecule has 1 atom stereocenters. The number of fused-ring (bicyclic) bond motifs is 1. The Kier molecular flexibility index (Phi) is 6.63. The number of aromatic nitrogens is 1. The van der Waals surface area contributed by atoms with Gasteiger partial charge < -0.3 is 19.8 Å². The number of anilines is 1. The second-order valence-corrected chi connectivity index (χ2v) is 8.21. The number of nitrogens with one attached hydrogen (secondary N) is 2. The highest BCUT2D eigenvalue weighted by Crippen LogP contribution is 2.38. The van der Waals surface area contributed by atoms with Crippen molar-refractivity contribution in [2.24, 2.45) is 0 Å². The van der Waals surface area contributed by atoms with Gasteiger partial charge in [0.25, 0.3) is 0 Å². The molecule has 162 valence electrons. The van der Waals surface area contributed by atoms with Crippen LogP contribution < -0.4 is 10.6 Å². The average Bonchev–Trinajstić information content (AvgIpc) is 3.44. The first-order chi connectivity index (χ1) is 15.6. The molecule has 9 heteroatoms. The molecule has 1 unspecified atom stereocenters. The molecule has 3 aromatic heterocycles. The Bertz CT molecular complexity index is 1160. The third-order valence-electron chi connectivity index (χ3n) is 4.92. The molecular formula is C23H20N4O4S. The molecule has 0 saturated carbocycles. The fourth-order valence-corrected chi connectivity index (χ4v) is 4.68. The van der Waals surface area contributed by atoms with Crippen LogP contribution in [0.25, 0.3) is 6.08 Å². The maximum atomic E-state index is 12.3. The molecule has 8 nitrogen and oxygen atoms in total. The minimum atomic E-state index is -0.502. The summed E-state index contributed by atoms with van der Waals surface area (Å²) < 4.78 is 10.7. The monoisotopic (exact) mass is 448 g/mol. The van der Waals surface area contributed by atoms with Gasteiger partial charge in [0.1, 0.15) is 22.9 Å². The SMILES string of the molecule is N#Cc1c(NC(=O)/C=C/c2ccco2)sc2c1CCC(OC(=O)NCc1ccccn1)C2. The van der Waals surface area contributed by atoms with Gasteiger partial charge in [-0.3, -0.25) is 9.78 Å². The molecule has 0 aromatic carbocycles.